The lowest BCUT2D eigenvalue weighted by atomic mass is 9.61. The lowest BCUT2D eigenvalue weighted by Crippen LogP contribution is -2.39. The zero-order valence-corrected chi connectivity index (χ0v) is 11.5. The summed E-state index contributed by atoms with van der Waals surface area (Å²) in [5, 5.41) is 12.4. The summed E-state index contributed by atoms with van der Waals surface area (Å²) in [7, 11) is 0. The Bertz CT molecular complexity index is 532. The molecule has 0 aromatic heterocycles. The van der Waals surface area contributed by atoms with Crippen molar-refractivity contribution >= 4 is 11.7 Å². The van der Waals surface area contributed by atoms with Gasteiger partial charge in [-0.25, -0.2) is 0 Å². The Morgan fingerprint density at radius 1 is 1.53 bits per heavy atom. The summed E-state index contributed by atoms with van der Waals surface area (Å²) >= 11 is 0. The van der Waals surface area contributed by atoms with E-state index in [2.05, 4.69) is 18.2 Å². The van der Waals surface area contributed by atoms with Crippen LogP contribution in [0.2, 0.25) is 0 Å². The van der Waals surface area contributed by atoms with Crippen LogP contribution in [0.4, 0.5) is 0 Å². The van der Waals surface area contributed by atoms with E-state index in [1.165, 1.54) is 0 Å². The van der Waals surface area contributed by atoms with Crippen molar-refractivity contribution in [2.45, 2.75) is 39.7 Å². The maximum atomic E-state index is 11.8. The molecule has 0 bridgehead atoms. The van der Waals surface area contributed by atoms with Gasteiger partial charge in [-0.1, -0.05) is 25.1 Å². The van der Waals surface area contributed by atoms with E-state index in [1.54, 1.807) is 0 Å². The first-order chi connectivity index (χ1) is 8.98. The molecule has 3 aliphatic rings. The molecule has 1 saturated heterocycles. The van der Waals surface area contributed by atoms with Crippen molar-refractivity contribution in [2.75, 3.05) is 0 Å². The first kappa shape index (κ1) is 12.5. The number of carbonyl (C=O) groups is 1. The van der Waals surface area contributed by atoms with Gasteiger partial charge >= 0.3 is 5.97 Å². The largest absolute Gasteiger partial charge is 0.457 e. The highest BCUT2D eigenvalue weighted by Gasteiger charge is 2.52. The van der Waals surface area contributed by atoms with Crippen molar-refractivity contribution in [1.82, 2.24) is 0 Å². The number of nitrogens with zero attached hydrogens (tertiary/aromatic N) is 1. The average molecular weight is 261 g/mol. The average Bonchev–Trinajstić information content (AvgIpc) is 2.65. The first-order valence-corrected chi connectivity index (χ1v) is 6.81. The normalized spacial score (nSPS) is 43.2. The molecule has 2 aliphatic carbocycles. The molecule has 1 heterocycles. The van der Waals surface area contributed by atoms with E-state index in [0.29, 0.717) is 5.71 Å². The molecule has 1 saturated carbocycles. The minimum Gasteiger partial charge on any atom is -0.457 e. The van der Waals surface area contributed by atoms with E-state index in [9.17, 15) is 4.79 Å². The highest BCUT2D eigenvalue weighted by molar-refractivity contribution is 6.09. The van der Waals surface area contributed by atoms with Gasteiger partial charge in [0.25, 0.3) is 0 Å². The Hall–Kier alpha value is -1.58. The summed E-state index contributed by atoms with van der Waals surface area (Å²) in [6.07, 6.45) is 5.80. The summed E-state index contributed by atoms with van der Waals surface area (Å²) in [6, 6.07) is 0. The maximum Gasteiger partial charge on any atom is 0.309 e. The van der Waals surface area contributed by atoms with Crippen LogP contribution in [0.5, 0.6) is 0 Å². The lowest BCUT2D eigenvalue weighted by Gasteiger charge is -2.43. The highest BCUT2D eigenvalue weighted by atomic mass is 16.6. The predicted molar refractivity (Wildman–Crippen MR) is 70.9 cm³/mol. The molecule has 0 unspecified atom stereocenters. The molecule has 19 heavy (non-hydrogen) atoms. The molecule has 4 atom stereocenters. The van der Waals surface area contributed by atoms with Crippen LogP contribution in [0.15, 0.2) is 28.5 Å². The van der Waals surface area contributed by atoms with Crippen molar-refractivity contribution in [1.29, 1.82) is 0 Å². The van der Waals surface area contributed by atoms with E-state index < -0.39 is 0 Å². The molecule has 4 nitrogen and oxygen atoms in total. The molecule has 102 valence electrons. The summed E-state index contributed by atoms with van der Waals surface area (Å²) < 4.78 is 5.61. The molecular weight excluding hydrogens is 242 g/mol. The van der Waals surface area contributed by atoms with Gasteiger partial charge in [-0.05, 0) is 37.0 Å². The van der Waals surface area contributed by atoms with Crippen LogP contribution in [0.3, 0.4) is 0 Å². The molecule has 0 aromatic rings. The fourth-order valence-corrected chi connectivity index (χ4v) is 3.81. The molecule has 0 aromatic carbocycles. The monoisotopic (exact) mass is 261 g/mol. The van der Waals surface area contributed by atoms with Crippen LogP contribution in [-0.4, -0.2) is 23.0 Å². The minimum atomic E-state index is -0.150. The topological polar surface area (TPSA) is 58.9 Å². The summed E-state index contributed by atoms with van der Waals surface area (Å²) in [6.45, 7) is 6.07. The fourth-order valence-electron chi connectivity index (χ4n) is 3.81. The number of hydrogen-bond acceptors (Lipinski definition) is 4. The van der Waals surface area contributed by atoms with Gasteiger partial charge in [0, 0.05) is 11.3 Å². The van der Waals surface area contributed by atoms with E-state index in [-0.39, 0.29) is 29.3 Å². The number of rotatable bonds is 0. The van der Waals surface area contributed by atoms with Gasteiger partial charge in [0.2, 0.25) is 0 Å². The lowest BCUT2D eigenvalue weighted by molar-refractivity contribution is -0.143. The molecule has 1 aliphatic heterocycles. The maximum absolute atomic E-state index is 11.8. The van der Waals surface area contributed by atoms with Crippen LogP contribution >= 0.6 is 0 Å². The van der Waals surface area contributed by atoms with Crippen molar-refractivity contribution in [3.8, 4) is 0 Å². The zero-order chi connectivity index (χ0) is 13.8. The molecule has 0 spiro atoms. The van der Waals surface area contributed by atoms with Crippen molar-refractivity contribution < 1.29 is 14.7 Å². The van der Waals surface area contributed by atoms with Crippen LogP contribution in [0.25, 0.3) is 0 Å². The fraction of sp³-hybridized carbons (Fsp3) is 0.600. The van der Waals surface area contributed by atoms with E-state index >= 15 is 0 Å². The van der Waals surface area contributed by atoms with Crippen LogP contribution in [0.1, 0.15) is 33.6 Å². The van der Waals surface area contributed by atoms with E-state index in [4.69, 9.17) is 9.94 Å². The minimum absolute atomic E-state index is 0.0322. The van der Waals surface area contributed by atoms with Gasteiger partial charge in [-0.15, -0.1) is 0 Å². The number of carbonyl (C=O) groups excluding carboxylic acids is 1. The number of ether oxygens (including phenoxy) is 1. The third kappa shape index (κ3) is 1.58. The van der Waals surface area contributed by atoms with Gasteiger partial charge in [0.1, 0.15) is 11.8 Å². The molecule has 2 fully saturated rings. The second kappa shape index (κ2) is 3.95. The van der Waals surface area contributed by atoms with Crippen molar-refractivity contribution in [3.05, 3.63) is 23.3 Å². The number of hydrogen-bond donors (Lipinski definition) is 1. The van der Waals surface area contributed by atoms with Gasteiger partial charge < -0.3 is 9.94 Å². The Kier molecular flexibility index (Phi) is 2.59. The Morgan fingerprint density at radius 2 is 2.26 bits per heavy atom. The molecule has 0 radical (unpaired) electrons. The Labute approximate surface area is 112 Å². The number of oxime groups is 1. The standard InChI is InChI=1S/C15H19NO3/c1-8-10-4-6-15(3)7-5-11(16-18)9(2)12(15)13(10)19-14(8)17/h5,7-8,10,13,18H,4,6H2,1-3H3/b16-11-/t8-,10-,13-,15-/m0/s1. The molecule has 0 amide bonds. The van der Waals surface area contributed by atoms with Crippen LogP contribution in [0, 0.1) is 17.3 Å². The molecule has 3 rings (SSSR count). The second-order valence-electron chi connectivity index (χ2n) is 6.12. The smallest absolute Gasteiger partial charge is 0.309 e. The third-order valence-electron chi connectivity index (χ3n) is 5.05. The molecule has 4 heteroatoms. The number of fused-ring (bicyclic) bond motifs is 3. The summed E-state index contributed by atoms with van der Waals surface area (Å²) in [5.74, 6) is 0.129. The third-order valence-corrected chi connectivity index (χ3v) is 5.05. The molecule has 1 N–H and O–H groups in total. The van der Waals surface area contributed by atoms with Gasteiger partial charge in [-0.2, -0.15) is 0 Å². The highest BCUT2D eigenvalue weighted by Crippen LogP contribution is 2.53. The van der Waals surface area contributed by atoms with Crippen molar-refractivity contribution in [2.24, 2.45) is 22.4 Å². The quantitative estimate of drug-likeness (QED) is 0.414. The molecular formula is C15H19NO3. The van der Waals surface area contributed by atoms with Crippen LogP contribution < -0.4 is 0 Å². The van der Waals surface area contributed by atoms with Gasteiger partial charge in [-0.3, -0.25) is 4.79 Å². The predicted octanol–water partition coefficient (Wildman–Crippen LogP) is 2.68. The Morgan fingerprint density at radius 3 is 2.95 bits per heavy atom. The van der Waals surface area contributed by atoms with Gasteiger partial charge in [0.15, 0.2) is 0 Å². The number of esters is 1. The second-order valence-corrected chi connectivity index (χ2v) is 6.12. The summed E-state index contributed by atoms with van der Waals surface area (Å²) in [4.78, 5) is 11.8. The van der Waals surface area contributed by atoms with E-state index in [1.807, 2.05) is 19.9 Å². The van der Waals surface area contributed by atoms with Gasteiger partial charge in [0.05, 0.1) is 5.92 Å². The Balaban J connectivity index is 2.11. The summed E-state index contributed by atoms with van der Waals surface area (Å²) in [5.41, 5.74) is 2.56. The SMILES string of the molecule is CC1=C2[C@H]3OC(=O)[C@@H](C)[C@@H]3CC[C@@]2(C)C=C/C1=N/O. The van der Waals surface area contributed by atoms with E-state index in [0.717, 1.165) is 24.0 Å². The van der Waals surface area contributed by atoms with Crippen LogP contribution in [-0.2, 0) is 9.53 Å². The first-order valence-electron chi connectivity index (χ1n) is 6.81. The van der Waals surface area contributed by atoms with Crippen molar-refractivity contribution in [3.63, 3.8) is 0 Å². The number of allylic oxidation sites excluding steroid dienone is 3. The zero-order valence-electron chi connectivity index (χ0n) is 11.5.